The summed E-state index contributed by atoms with van der Waals surface area (Å²) in [6.45, 7) is 4.32. The molecule has 1 aliphatic heterocycles. The predicted octanol–water partition coefficient (Wildman–Crippen LogP) is 2.38. The molecule has 2 unspecified atom stereocenters. The van der Waals surface area contributed by atoms with Crippen LogP contribution in [0.1, 0.15) is 33.1 Å². The zero-order valence-corrected chi connectivity index (χ0v) is 9.15. The molecule has 2 heterocycles. The van der Waals surface area contributed by atoms with E-state index in [-0.39, 0.29) is 0 Å². The molecule has 0 aromatic carbocycles. The monoisotopic (exact) mass is 209 g/mol. The predicted molar refractivity (Wildman–Crippen MR) is 57.2 cm³/mol. The fraction of sp³-hybridized carbons (Fsp3) is 0.636. The summed E-state index contributed by atoms with van der Waals surface area (Å²) in [5, 5.41) is 0. The number of hydrogen-bond acceptors (Lipinski definition) is 3. The van der Waals surface area contributed by atoms with Crippen LogP contribution in [0.15, 0.2) is 12.4 Å². The zero-order valence-electron chi connectivity index (χ0n) is 9.15. The quantitative estimate of drug-likeness (QED) is 0.700. The Kier molecular flexibility index (Phi) is 2.84. The van der Waals surface area contributed by atoms with Crippen LogP contribution >= 0.6 is 0 Å². The lowest BCUT2D eigenvalue weighted by Crippen LogP contribution is -2.34. The Morgan fingerprint density at radius 1 is 1.47 bits per heavy atom. The van der Waals surface area contributed by atoms with Gasteiger partial charge in [0.25, 0.3) is 0 Å². The summed E-state index contributed by atoms with van der Waals surface area (Å²) < 4.78 is 13.0. The first-order valence-corrected chi connectivity index (χ1v) is 5.48. The van der Waals surface area contributed by atoms with Gasteiger partial charge in [-0.05, 0) is 26.2 Å². The minimum atomic E-state index is -0.450. The van der Waals surface area contributed by atoms with Gasteiger partial charge in [-0.15, -0.1) is 0 Å². The van der Waals surface area contributed by atoms with Crippen molar-refractivity contribution in [2.45, 2.75) is 45.2 Å². The van der Waals surface area contributed by atoms with Crippen LogP contribution in [0.5, 0.6) is 0 Å². The van der Waals surface area contributed by atoms with E-state index in [0.717, 1.165) is 18.7 Å². The summed E-state index contributed by atoms with van der Waals surface area (Å²) in [5.74, 6) is 0.272. The van der Waals surface area contributed by atoms with Crippen LogP contribution in [0.3, 0.4) is 0 Å². The van der Waals surface area contributed by atoms with Crippen LogP contribution in [-0.4, -0.2) is 22.1 Å². The summed E-state index contributed by atoms with van der Waals surface area (Å²) in [7, 11) is 0. The van der Waals surface area contributed by atoms with Gasteiger partial charge >= 0.3 is 0 Å². The standard InChI is InChI=1S/C11H16FN3/c1-3-9-5-4-8(2)15(9)11-6-10(12)13-7-14-11/h6-9H,3-5H2,1-2H3. The molecule has 15 heavy (non-hydrogen) atoms. The second-order valence-electron chi connectivity index (χ2n) is 4.09. The second-order valence-corrected chi connectivity index (χ2v) is 4.09. The Bertz CT molecular complexity index is 342. The van der Waals surface area contributed by atoms with Crippen molar-refractivity contribution in [3.05, 3.63) is 18.3 Å². The van der Waals surface area contributed by atoms with Crippen molar-refractivity contribution in [2.75, 3.05) is 4.90 Å². The van der Waals surface area contributed by atoms with Gasteiger partial charge in [0.2, 0.25) is 5.95 Å². The number of rotatable bonds is 2. The van der Waals surface area contributed by atoms with Crippen molar-refractivity contribution in [3.63, 3.8) is 0 Å². The number of hydrogen-bond donors (Lipinski definition) is 0. The summed E-state index contributed by atoms with van der Waals surface area (Å²) in [6, 6.07) is 2.36. The van der Waals surface area contributed by atoms with Gasteiger partial charge in [0.05, 0.1) is 0 Å². The molecule has 2 atom stereocenters. The van der Waals surface area contributed by atoms with E-state index in [4.69, 9.17) is 0 Å². The fourth-order valence-electron chi connectivity index (χ4n) is 2.35. The fourth-order valence-corrected chi connectivity index (χ4v) is 2.35. The van der Waals surface area contributed by atoms with Crippen LogP contribution in [-0.2, 0) is 0 Å². The lowest BCUT2D eigenvalue weighted by Gasteiger charge is -2.28. The Morgan fingerprint density at radius 3 is 2.93 bits per heavy atom. The zero-order chi connectivity index (χ0) is 10.8. The average molecular weight is 209 g/mol. The Labute approximate surface area is 89.3 Å². The van der Waals surface area contributed by atoms with E-state index in [1.165, 1.54) is 18.8 Å². The maximum Gasteiger partial charge on any atom is 0.218 e. The molecule has 3 nitrogen and oxygen atoms in total. The Balaban J connectivity index is 2.28. The first-order valence-electron chi connectivity index (χ1n) is 5.48. The minimum Gasteiger partial charge on any atom is -0.351 e. The lowest BCUT2D eigenvalue weighted by atomic mass is 10.1. The van der Waals surface area contributed by atoms with Crippen LogP contribution in [0.25, 0.3) is 0 Å². The molecule has 0 saturated carbocycles. The Morgan fingerprint density at radius 2 is 2.27 bits per heavy atom. The third kappa shape index (κ3) is 1.94. The summed E-state index contributed by atoms with van der Waals surface area (Å²) in [6.07, 6.45) is 4.70. The molecular formula is C11H16FN3. The number of aromatic nitrogens is 2. The number of anilines is 1. The van der Waals surface area contributed by atoms with Gasteiger partial charge in [0.15, 0.2) is 0 Å². The van der Waals surface area contributed by atoms with Crippen LogP contribution in [0.4, 0.5) is 10.2 Å². The number of nitrogens with zero attached hydrogens (tertiary/aromatic N) is 3. The minimum absolute atomic E-state index is 0.448. The van der Waals surface area contributed by atoms with E-state index in [0.29, 0.717) is 12.1 Å². The molecule has 0 amide bonds. The first kappa shape index (κ1) is 10.3. The van der Waals surface area contributed by atoms with Crippen LogP contribution < -0.4 is 4.90 Å². The highest BCUT2D eigenvalue weighted by molar-refractivity contribution is 5.41. The summed E-state index contributed by atoms with van der Waals surface area (Å²) >= 11 is 0. The molecular weight excluding hydrogens is 193 g/mol. The van der Waals surface area contributed by atoms with Gasteiger partial charge in [-0.3, -0.25) is 0 Å². The Hall–Kier alpha value is -1.19. The molecule has 0 spiro atoms. The molecule has 1 aliphatic rings. The molecule has 1 saturated heterocycles. The van der Waals surface area contributed by atoms with Gasteiger partial charge in [-0.2, -0.15) is 4.39 Å². The average Bonchev–Trinajstić information content (AvgIpc) is 2.59. The molecule has 0 bridgehead atoms. The third-order valence-electron chi connectivity index (χ3n) is 3.14. The lowest BCUT2D eigenvalue weighted by molar-refractivity contribution is 0.569. The van der Waals surface area contributed by atoms with Crippen molar-refractivity contribution in [3.8, 4) is 0 Å². The SMILES string of the molecule is CCC1CCC(C)N1c1cc(F)ncn1. The van der Waals surface area contributed by atoms with E-state index in [1.54, 1.807) is 0 Å². The molecule has 0 radical (unpaired) electrons. The van der Waals surface area contributed by atoms with Crippen molar-refractivity contribution in [2.24, 2.45) is 0 Å². The van der Waals surface area contributed by atoms with E-state index >= 15 is 0 Å². The van der Waals surface area contributed by atoms with Crippen molar-refractivity contribution >= 4 is 5.82 Å². The maximum absolute atomic E-state index is 13.0. The highest BCUT2D eigenvalue weighted by Crippen LogP contribution is 2.30. The van der Waals surface area contributed by atoms with Crippen LogP contribution in [0.2, 0.25) is 0 Å². The summed E-state index contributed by atoms with van der Waals surface area (Å²) in [5.41, 5.74) is 0. The topological polar surface area (TPSA) is 29.0 Å². The van der Waals surface area contributed by atoms with E-state index in [1.807, 2.05) is 0 Å². The molecule has 1 fully saturated rings. The van der Waals surface area contributed by atoms with Crippen molar-refractivity contribution in [1.29, 1.82) is 0 Å². The van der Waals surface area contributed by atoms with Gasteiger partial charge in [-0.25, -0.2) is 9.97 Å². The highest BCUT2D eigenvalue weighted by Gasteiger charge is 2.30. The van der Waals surface area contributed by atoms with E-state index < -0.39 is 5.95 Å². The van der Waals surface area contributed by atoms with Gasteiger partial charge < -0.3 is 4.90 Å². The maximum atomic E-state index is 13.0. The molecule has 2 rings (SSSR count). The molecule has 1 aromatic heterocycles. The largest absolute Gasteiger partial charge is 0.351 e. The summed E-state index contributed by atoms with van der Waals surface area (Å²) in [4.78, 5) is 9.84. The molecule has 0 N–H and O–H groups in total. The molecule has 4 heteroatoms. The van der Waals surface area contributed by atoms with Gasteiger partial charge in [0, 0.05) is 18.2 Å². The van der Waals surface area contributed by atoms with E-state index in [2.05, 4.69) is 28.7 Å². The third-order valence-corrected chi connectivity index (χ3v) is 3.14. The van der Waals surface area contributed by atoms with Gasteiger partial charge in [0.1, 0.15) is 12.1 Å². The smallest absolute Gasteiger partial charge is 0.218 e. The van der Waals surface area contributed by atoms with Crippen LogP contribution in [0, 0.1) is 5.95 Å². The van der Waals surface area contributed by atoms with E-state index in [9.17, 15) is 4.39 Å². The second kappa shape index (κ2) is 4.13. The molecule has 1 aromatic rings. The van der Waals surface area contributed by atoms with Crippen molar-refractivity contribution < 1.29 is 4.39 Å². The molecule has 82 valence electrons. The highest BCUT2D eigenvalue weighted by atomic mass is 19.1. The van der Waals surface area contributed by atoms with Crippen molar-refractivity contribution in [1.82, 2.24) is 9.97 Å². The first-order chi connectivity index (χ1) is 7.22. The molecule has 0 aliphatic carbocycles. The number of halogens is 1. The van der Waals surface area contributed by atoms with Gasteiger partial charge in [-0.1, -0.05) is 6.92 Å². The normalized spacial score (nSPS) is 25.9.